The summed E-state index contributed by atoms with van der Waals surface area (Å²) in [5, 5.41) is 3.38. The van der Waals surface area contributed by atoms with Crippen LogP contribution in [0.1, 0.15) is 20.3 Å². The summed E-state index contributed by atoms with van der Waals surface area (Å²) in [5.74, 6) is 0. The van der Waals surface area contributed by atoms with E-state index in [9.17, 15) is 8.42 Å². The molecule has 6 nitrogen and oxygen atoms in total. The summed E-state index contributed by atoms with van der Waals surface area (Å²) in [4.78, 5) is 0.191. The van der Waals surface area contributed by atoms with Crippen molar-refractivity contribution in [3.63, 3.8) is 0 Å². The molecule has 0 bridgehead atoms. The van der Waals surface area contributed by atoms with Gasteiger partial charge >= 0.3 is 0 Å². The maximum atomic E-state index is 12.1. The third kappa shape index (κ3) is 3.00. The largest absolute Gasteiger partial charge is 0.397 e. The molecule has 0 aliphatic carbocycles. The van der Waals surface area contributed by atoms with Gasteiger partial charge in [-0.05, 0) is 38.5 Å². The van der Waals surface area contributed by atoms with Crippen LogP contribution in [0.5, 0.6) is 0 Å². The minimum Gasteiger partial charge on any atom is -0.397 e. The first-order chi connectivity index (χ1) is 9.67. The van der Waals surface area contributed by atoms with Crippen LogP contribution in [0.4, 0.5) is 11.4 Å². The van der Waals surface area contributed by atoms with E-state index in [4.69, 9.17) is 10.5 Å². The summed E-state index contributed by atoms with van der Waals surface area (Å²) < 4.78 is 30.9. The fraction of sp³-hybridized carbons (Fsp3) is 0.571. The van der Waals surface area contributed by atoms with E-state index >= 15 is 0 Å². The summed E-state index contributed by atoms with van der Waals surface area (Å²) in [6.07, 6.45) is 0.952. The van der Waals surface area contributed by atoms with Crippen molar-refractivity contribution in [2.24, 2.45) is 0 Å². The fourth-order valence-electron chi connectivity index (χ4n) is 2.33. The number of anilines is 2. The van der Waals surface area contributed by atoms with E-state index in [1.54, 1.807) is 12.1 Å². The van der Waals surface area contributed by atoms with Gasteiger partial charge in [0.05, 0.1) is 27.9 Å². The highest BCUT2D eigenvalue weighted by Crippen LogP contribution is 2.32. The van der Waals surface area contributed by atoms with E-state index in [1.807, 2.05) is 6.92 Å². The molecule has 0 aromatic heterocycles. The van der Waals surface area contributed by atoms with Gasteiger partial charge in [0.25, 0.3) is 0 Å². The molecule has 1 aliphatic heterocycles. The van der Waals surface area contributed by atoms with Crippen molar-refractivity contribution in [2.75, 3.05) is 31.8 Å². The SMILES string of the molecule is CC1OCCC1(C)Nc1ccc(S(=O)(=O)N(C)C)cc1N. The van der Waals surface area contributed by atoms with Gasteiger partial charge in [0.2, 0.25) is 10.0 Å². The summed E-state index contributed by atoms with van der Waals surface area (Å²) in [6, 6.07) is 4.77. The van der Waals surface area contributed by atoms with Gasteiger partial charge in [0.15, 0.2) is 0 Å². The average molecular weight is 313 g/mol. The molecule has 2 rings (SSSR count). The molecule has 7 heteroatoms. The van der Waals surface area contributed by atoms with E-state index in [0.29, 0.717) is 12.3 Å². The number of nitrogens with two attached hydrogens (primary N) is 1. The normalized spacial score (nSPS) is 26.2. The van der Waals surface area contributed by atoms with Crippen LogP contribution in [0.2, 0.25) is 0 Å². The Kier molecular flexibility index (Phi) is 4.19. The highest BCUT2D eigenvalue weighted by atomic mass is 32.2. The van der Waals surface area contributed by atoms with E-state index in [1.165, 1.54) is 24.5 Å². The van der Waals surface area contributed by atoms with Crippen LogP contribution in [-0.2, 0) is 14.8 Å². The maximum Gasteiger partial charge on any atom is 0.242 e. The zero-order chi connectivity index (χ0) is 15.8. The third-order valence-electron chi connectivity index (χ3n) is 4.11. The van der Waals surface area contributed by atoms with E-state index in [-0.39, 0.29) is 16.5 Å². The molecule has 21 heavy (non-hydrogen) atoms. The number of benzene rings is 1. The average Bonchev–Trinajstić information content (AvgIpc) is 2.71. The first-order valence-electron chi connectivity index (χ1n) is 6.89. The third-order valence-corrected chi connectivity index (χ3v) is 5.92. The summed E-state index contributed by atoms with van der Waals surface area (Å²) in [5.41, 5.74) is 6.96. The molecule has 2 unspecified atom stereocenters. The summed E-state index contributed by atoms with van der Waals surface area (Å²) in [7, 11) is -0.476. The number of nitrogens with zero attached hydrogens (tertiary/aromatic N) is 1. The van der Waals surface area contributed by atoms with Crippen molar-refractivity contribution in [1.29, 1.82) is 0 Å². The molecule has 2 atom stereocenters. The zero-order valence-electron chi connectivity index (χ0n) is 12.9. The quantitative estimate of drug-likeness (QED) is 0.823. The molecule has 1 aromatic rings. The van der Waals surface area contributed by atoms with Crippen LogP contribution in [0.25, 0.3) is 0 Å². The predicted octanol–water partition coefficient (Wildman–Crippen LogP) is 1.50. The smallest absolute Gasteiger partial charge is 0.242 e. The number of sulfonamides is 1. The number of nitrogens with one attached hydrogen (secondary N) is 1. The van der Waals surface area contributed by atoms with Gasteiger partial charge in [0.1, 0.15) is 0 Å². The molecule has 118 valence electrons. The Balaban J connectivity index is 2.29. The van der Waals surface area contributed by atoms with Crippen molar-refractivity contribution < 1.29 is 13.2 Å². The lowest BCUT2D eigenvalue weighted by Gasteiger charge is -2.30. The highest BCUT2D eigenvalue weighted by Gasteiger charge is 2.37. The van der Waals surface area contributed by atoms with Crippen molar-refractivity contribution in [3.8, 4) is 0 Å². The number of hydrogen-bond acceptors (Lipinski definition) is 5. The highest BCUT2D eigenvalue weighted by molar-refractivity contribution is 7.89. The van der Waals surface area contributed by atoms with Crippen molar-refractivity contribution in [2.45, 2.75) is 36.8 Å². The maximum absolute atomic E-state index is 12.1. The molecule has 0 radical (unpaired) electrons. The minimum atomic E-state index is -3.47. The van der Waals surface area contributed by atoms with Gasteiger partial charge in [-0.1, -0.05) is 0 Å². The Bertz CT molecular complexity index is 630. The Morgan fingerprint density at radius 3 is 2.57 bits per heavy atom. The lowest BCUT2D eigenvalue weighted by atomic mass is 9.94. The fourth-order valence-corrected chi connectivity index (χ4v) is 3.27. The zero-order valence-corrected chi connectivity index (χ0v) is 13.7. The van der Waals surface area contributed by atoms with Crippen LogP contribution >= 0.6 is 0 Å². The number of hydrogen-bond donors (Lipinski definition) is 2. The van der Waals surface area contributed by atoms with Gasteiger partial charge in [-0.2, -0.15) is 0 Å². The monoisotopic (exact) mass is 313 g/mol. The molecular formula is C14H23N3O3S. The molecule has 0 saturated carbocycles. The van der Waals surface area contributed by atoms with Crippen LogP contribution in [0.15, 0.2) is 23.1 Å². The van der Waals surface area contributed by atoms with Crippen molar-refractivity contribution in [3.05, 3.63) is 18.2 Å². The molecule has 3 N–H and O–H groups in total. The van der Waals surface area contributed by atoms with Gasteiger partial charge in [-0.3, -0.25) is 0 Å². The second kappa shape index (κ2) is 5.47. The van der Waals surface area contributed by atoms with E-state index < -0.39 is 10.0 Å². The second-order valence-electron chi connectivity index (χ2n) is 5.84. The summed E-state index contributed by atoms with van der Waals surface area (Å²) in [6.45, 7) is 4.80. The van der Waals surface area contributed by atoms with Crippen LogP contribution in [-0.4, -0.2) is 45.1 Å². The minimum absolute atomic E-state index is 0.0714. The van der Waals surface area contributed by atoms with Gasteiger partial charge < -0.3 is 15.8 Å². The van der Waals surface area contributed by atoms with Crippen LogP contribution < -0.4 is 11.1 Å². The Morgan fingerprint density at radius 1 is 1.43 bits per heavy atom. The van der Waals surface area contributed by atoms with Gasteiger partial charge in [-0.15, -0.1) is 0 Å². The Labute approximate surface area is 126 Å². The standard InChI is InChI=1S/C14H23N3O3S/c1-10-14(2,7-8-20-10)16-13-6-5-11(9-12(13)15)21(18,19)17(3)4/h5-6,9-10,16H,7-8,15H2,1-4H3. The van der Waals surface area contributed by atoms with E-state index in [0.717, 1.165) is 12.1 Å². The van der Waals surface area contributed by atoms with Crippen molar-refractivity contribution >= 4 is 21.4 Å². The Morgan fingerprint density at radius 2 is 2.10 bits per heavy atom. The van der Waals surface area contributed by atoms with Crippen LogP contribution in [0, 0.1) is 0 Å². The van der Waals surface area contributed by atoms with Gasteiger partial charge in [0, 0.05) is 20.7 Å². The molecular weight excluding hydrogens is 290 g/mol. The van der Waals surface area contributed by atoms with E-state index in [2.05, 4.69) is 12.2 Å². The molecule has 1 fully saturated rings. The number of nitrogen functional groups attached to an aromatic ring is 1. The van der Waals surface area contributed by atoms with Gasteiger partial charge in [-0.25, -0.2) is 12.7 Å². The number of ether oxygens (including phenoxy) is 1. The lowest BCUT2D eigenvalue weighted by molar-refractivity contribution is 0.105. The lowest BCUT2D eigenvalue weighted by Crippen LogP contribution is -2.41. The second-order valence-corrected chi connectivity index (χ2v) is 7.99. The first-order valence-corrected chi connectivity index (χ1v) is 8.33. The summed E-state index contributed by atoms with van der Waals surface area (Å²) >= 11 is 0. The number of rotatable bonds is 4. The topological polar surface area (TPSA) is 84.7 Å². The first kappa shape index (κ1) is 16.1. The molecule has 1 heterocycles. The molecule has 1 aromatic carbocycles. The van der Waals surface area contributed by atoms with Crippen molar-refractivity contribution in [1.82, 2.24) is 4.31 Å². The predicted molar refractivity (Wildman–Crippen MR) is 83.8 cm³/mol. The molecule has 1 aliphatic rings. The molecule has 1 saturated heterocycles. The molecule has 0 spiro atoms. The van der Waals surface area contributed by atoms with Crippen LogP contribution in [0.3, 0.4) is 0 Å². The Hall–Kier alpha value is -1.31. The molecule has 0 amide bonds.